The zero-order chi connectivity index (χ0) is 24.4. The zero-order valence-electron chi connectivity index (χ0n) is 19.4. The molecule has 0 bridgehead atoms. The average Bonchev–Trinajstić information content (AvgIpc) is 2.83. The summed E-state index contributed by atoms with van der Waals surface area (Å²) in [7, 11) is 0.527. The first-order valence-corrected chi connectivity index (χ1v) is 12.1. The molecule has 1 heterocycles. The van der Waals surface area contributed by atoms with Crippen molar-refractivity contribution in [2.75, 3.05) is 51.7 Å². The minimum absolute atomic E-state index is 0.0370. The summed E-state index contributed by atoms with van der Waals surface area (Å²) in [6, 6.07) is 14.9. The van der Waals surface area contributed by atoms with Crippen LogP contribution in [-0.2, 0) is 26.2 Å². The highest BCUT2D eigenvalue weighted by Crippen LogP contribution is 2.18. The Morgan fingerprint density at radius 3 is 2.09 bits per heavy atom. The maximum Gasteiger partial charge on any atom is 0.243 e. The fraction of sp³-hybridized carbons (Fsp3) is 0.391. The van der Waals surface area contributed by atoms with Crippen molar-refractivity contribution in [1.82, 2.24) is 14.5 Å². The summed E-state index contributed by atoms with van der Waals surface area (Å²) < 4.78 is 26.3. The van der Waals surface area contributed by atoms with Crippen molar-refractivity contribution in [1.29, 1.82) is 0 Å². The minimum Gasteiger partial charge on any atom is -0.378 e. The van der Waals surface area contributed by atoms with E-state index >= 15 is 0 Å². The fourth-order valence-electron chi connectivity index (χ4n) is 3.24. The van der Waals surface area contributed by atoms with E-state index < -0.39 is 10.0 Å². The molecule has 1 fully saturated rings. The second kappa shape index (κ2) is 12.3. The second-order valence-corrected chi connectivity index (χ2v) is 9.80. The first-order chi connectivity index (χ1) is 15.7. The molecular weight excluding hydrogens is 442 g/mol. The predicted molar refractivity (Wildman–Crippen MR) is 129 cm³/mol. The van der Waals surface area contributed by atoms with Crippen molar-refractivity contribution in [3.05, 3.63) is 59.7 Å². The molecule has 0 atom stereocenters. The number of benzene rings is 2. The Kier molecular flexibility index (Phi) is 9.83. The van der Waals surface area contributed by atoms with Crippen LogP contribution in [0, 0.1) is 6.92 Å². The Balaban J connectivity index is 0.000000257. The third-order valence-corrected chi connectivity index (χ3v) is 7.18. The van der Waals surface area contributed by atoms with Gasteiger partial charge >= 0.3 is 0 Å². The van der Waals surface area contributed by atoms with E-state index in [-0.39, 0.29) is 12.5 Å². The average molecular weight is 476 g/mol. The largest absolute Gasteiger partial charge is 0.378 e. The van der Waals surface area contributed by atoms with E-state index in [4.69, 9.17) is 5.73 Å². The molecule has 2 amide bonds. The summed E-state index contributed by atoms with van der Waals surface area (Å²) in [6.45, 7) is 3.86. The summed E-state index contributed by atoms with van der Waals surface area (Å²) >= 11 is 0. The van der Waals surface area contributed by atoms with E-state index in [1.807, 2.05) is 50.2 Å². The number of carbonyl (C=O) groups excluding carboxylic acids is 2. The van der Waals surface area contributed by atoms with E-state index in [1.54, 1.807) is 29.2 Å². The lowest BCUT2D eigenvalue weighted by Crippen LogP contribution is -2.51. The van der Waals surface area contributed by atoms with Gasteiger partial charge < -0.3 is 20.9 Å². The summed E-state index contributed by atoms with van der Waals surface area (Å²) in [4.78, 5) is 25.4. The molecule has 180 valence electrons. The summed E-state index contributed by atoms with van der Waals surface area (Å²) in [6.07, 6.45) is 0.708. The van der Waals surface area contributed by atoms with Gasteiger partial charge in [0.15, 0.2) is 0 Å². The van der Waals surface area contributed by atoms with Gasteiger partial charge in [0.05, 0.1) is 11.4 Å². The smallest absolute Gasteiger partial charge is 0.243 e. The van der Waals surface area contributed by atoms with Gasteiger partial charge in [0.2, 0.25) is 22.3 Å². The summed E-state index contributed by atoms with van der Waals surface area (Å²) in [5.41, 5.74) is 8.59. The monoisotopic (exact) mass is 475 g/mol. The molecule has 0 spiro atoms. The number of amides is 2. The van der Waals surface area contributed by atoms with E-state index in [9.17, 15) is 18.0 Å². The number of nitrogens with two attached hydrogens (primary N) is 1. The van der Waals surface area contributed by atoms with Crippen LogP contribution < -0.4 is 16.0 Å². The van der Waals surface area contributed by atoms with Gasteiger partial charge in [-0.25, -0.2) is 8.42 Å². The maximum absolute atomic E-state index is 12.4. The van der Waals surface area contributed by atoms with E-state index in [0.29, 0.717) is 44.0 Å². The molecule has 1 aliphatic heterocycles. The van der Waals surface area contributed by atoms with Crippen LogP contribution in [0.15, 0.2) is 53.4 Å². The van der Waals surface area contributed by atoms with Crippen LogP contribution in [0.25, 0.3) is 0 Å². The molecule has 0 unspecified atom stereocenters. The van der Waals surface area contributed by atoms with Crippen molar-refractivity contribution in [3.63, 3.8) is 0 Å². The third kappa shape index (κ3) is 7.55. The van der Waals surface area contributed by atoms with Gasteiger partial charge in [0, 0.05) is 52.5 Å². The van der Waals surface area contributed by atoms with Crippen LogP contribution in [-0.4, -0.2) is 76.8 Å². The van der Waals surface area contributed by atoms with Gasteiger partial charge in [-0.3, -0.25) is 9.59 Å². The van der Waals surface area contributed by atoms with Crippen molar-refractivity contribution >= 4 is 28.0 Å². The molecule has 10 heteroatoms. The maximum atomic E-state index is 12.4. The second-order valence-electron chi connectivity index (χ2n) is 7.86. The van der Waals surface area contributed by atoms with Crippen LogP contribution in [0.2, 0.25) is 0 Å². The minimum atomic E-state index is -3.47. The third-order valence-electron chi connectivity index (χ3n) is 5.27. The molecule has 2 aromatic rings. The molecule has 0 radical (unpaired) electrons. The number of sulfonamides is 1. The van der Waals surface area contributed by atoms with Gasteiger partial charge in [-0.15, -0.1) is 0 Å². The van der Waals surface area contributed by atoms with E-state index in [0.717, 1.165) is 16.8 Å². The highest BCUT2D eigenvalue weighted by atomic mass is 32.2. The highest BCUT2D eigenvalue weighted by molar-refractivity contribution is 7.89. The van der Waals surface area contributed by atoms with Gasteiger partial charge in [0.25, 0.3) is 0 Å². The van der Waals surface area contributed by atoms with Crippen LogP contribution in [0.3, 0.4) is 0 Å². The highest BCUT2D eigenvalue weighted by Gasteiger charge is 2.29. The number of hydrogen-bond acceptors (Lipinski definition) is 6. The molecule has 3 N–H and O–H groups in total. The lowest BCUT2D eigenvalue weighted by atomic mass is 10.2. The molecule has 0 aromatic heterocycles. The first-order valence-electron chi connectivity index (χ1n) is 10.7. The number of carbonyl (C=O) groups is 2. The van der Waals surface area contributed by atoms with Crippen molar-refractivity contribution < 1.29 is 18.0 Å². The fourth-order valence-corrected chi connectivity index (χ4v) is 4.66. The Hall–Kier alpha value is -2.95. The molecular formula is C23H33N5O4S. The van der Waals surface area contributed by atoms with Crippen molar-refractivity contribution in [3.8, 4) is 0 Å². The number of nitrogens with zero attached hydrogens (tertiary/aromatic N) is 3. The Labute approximate surface area is 196 Å². The molecule has 9 nitrogen and oxygen atoms in total. The van der Waals surface area contributed by atoms with Gasteiger partial charge in [-0.2, -0.15) is 4.31 Å². The number of piperazine rings is 1. The van der Waals surface area contributed by atoms with Crippen LogP contribution in [0.4, 0.5) is 5.69 Å². The van der Waals surface area contributed by atoms with Crippen LogP contribution in [0.1, 0.15) is 11.1 Å². The van der Waals surface area contributed by atoms with Gasteiger partial charge in [-0.05, 0) is 36.8 Å². The lowest BCUT2D eigenvalue weighted by molar-refractivity contribution is -0.130. The quantitative estimate of drug-likeness (QED) is 0.572. The number of aryl methyl sites for hydroxylation is 1. The molecule has 0 aliphatic carbocycles. The summed E-state index contributed by atoms with van der Waals surface area (Å²) in [5.74, 6) is -0.141. The van der Waals surface area contributed by atoms with Crippen LogP contribution in [0.5, 0.6) is 0 Å². The Morgan fingerprint density at radius 2 is 1.61 bits per heavy atom. The molecule has 1 saturated heterocycles. The normalized spacial score (nSPS) is 14.1. The van der Waals surface area contributed by atoms with Gasteiger partial charge in [0.1, 0.15) is 0 Å². The predicted octanol–water partition coefficient (Wildman–Crippen LogP) is 0.785. The van der Waals surface area contributed by atoms with Crippen molar-refractivity contribution in [2.45, 2.75) is 18.4 Å². The first kappa shape index (κ1) is 26.3. The SMILES string of the molecule is CN(C)c1ccc(CNC=O)cc1.Cc1ccc(S(=O)(=O)N2CCN(C(=O)CN)CC2)cc1. The number of hydrogen-bond donors (Lipinski definition) is 2. The number of nitrogens with one attached hydrogen (secondary N) is 1. The molecule has 1 aliphatic rings. The Morgan fingerprint density at radius 1 is 1.03 bits per heavy atom. The zero-order valence-corrected chi connectivity index (χ0v) is 20.2. The summed E-state index contributed by atoms with van der Waals surface area (Å²) in [5, 5.41) is 2.62. The number of rotatable bonds is 7. The van der Waals surface area contributed by atoms with Crippen molar-refractivity contribution in [2.24, 2.45) is 5.73 Å². The molecule has 0 saturated carbocycles. The Bertz CT molecular complexity index is 1000. The standard InChI is InChI=1S/C13H19N3O3S.C10H14N2O/c1-11-2-4-12(5-3-11)20(18,19)16-8-6-15(7-9-16)13(17)10-14;1-12(2)10-5-3-9(4-6-10)7-11-8-13/h2-5H,6-10,14H2,1H3;3-6,8H,7H2,1-2H3,(H,11,13). The van der Waals surface area contributed by atoms with E-state index in [2.05, 4.69) is 5.32 Å². The lowest BCUT2D eigenvalue weighted by Gasteiger charge is -2.33. The topological polar surface area (TPSA) is 116 Å². The van der Waals surface area contributed by atoms with E-state index in [1.165, 1.54) is 4.31 Å². The van der Waals surface area contributed by atoms with Gasteiger partial charge in [-0.1, -0.05) is 29.8 Å². The molecule has 2 aromatic carbocycles. The molecule has 33 heavy (non-hydrogen) atoms. The number of anilines is 1. The molecule has 3 rings (SSSR count). The van der Waals surface area contributed by atoms with Crippen LogP contribution >= 0.6 is 0 Å².